The van der Waals surface area contributed by atoms with Gasteiger partial charge in [-0.15, -0.1) is 0 Å². The fourth-order valence-corrected chi connectivity index (χ4v) is 5.50. The van der Waals surface area contributed by atoms with E-state index in [9.17, 15) is 28.8 Å². The Kier molecular flexibility index (Phi) is 15.9. The van der Waals surface area contributed by atoms with Crippen LogP contribution in [0.1, 0.15) is 57.7 Å². The maximum Gasteiger partial charge on any atom is 0.243 e. The highest BCUT2D eigenvalue weighted by Gasteiger charge is 2.33. The van der Waals surface area contributed by atoms with E-state index in [1.807, 2.05) is 50.2 Å². The van der Waals surface area contributed by atoms with Crippen molar-refractivity contribution in [3.05, 3.63) is 102 Å². The zero-order chi connectivity index (χ0) is 38.2. The molecule has 52 heavy (non-hydrogen) atoms. The fourth-order valence-electron chi connectivity index (χ4n) is 5.50. The Bertz CT molecular complexity index is 1640. The number of amides is 6. The molecule has 0 saturated carbocycles. The molecule has 1 aromatic heterocycles. The van der Waals surface area contributed by atoms with Crippen molar-refractivity contribution < 1.29 is 28.8 Å². The van der Waals surface area contributed by atoms with Crippen LogP contribution in [0.2, 0.25) is 0 Å². The minimum absolute atomic E-state index is 0.0423. The number of carbonyl (C=O) groups excluding carboxylic acids is 6. The number of rotatable bonds is 19. The second-order valence-corrected chi connectivity index (χ2v) is 13.6. The number of carbonyl (C=O) groups is 6. The fraction of sp³-hybridized carbons (Fsp3) is 0.410. The Hall–Kier alpha value is -5.59. The number of benzene rings is 2. The van der Waals surface area contributed by atoms with E-state index in [2.05, 4.69) is 31.6 Å². The summed E-state index contributed by atoms with van der Waals surface area (Å²) in [6, 6.07) is 16.3. The van der Waals surface area contributed by atoms with Gasteiger partial charge in [-0.25, -0.2) is 0 Å². The van der Waals surface area contributed by atoms with Gasteiger partial charge in [0.2, 0.25) is 35.4 Å². The maximum absolute atomic E-state index is 14.0. The summed E-state index contributed by atoms with van der Waals surface area (Å²) >= 11 is 0. The first-order chi connectivity index (χ1) is 24.7. The third kappa shape index (κ3) is 13.6. The highest BCUT2D eigenvalue weighted by atomic mass is 16.2. The minimum atomic E-state index is -1.15. The molecule has 0 aliphatic heterocycles. The molecule has 3 aromatic rings. The van der Waals surface area contributed by atoms with E-state index in [-0.39, 0.29) is 37.0 Å². The molecule has 13 heteroatoms. The monoisotopic (exact) mass is 713 g/mol. The van der Waals surface area contributed by atoms with Crippen LogP contribution in [0.15, 0.2) is 85.2 Å². The van der Waals surface area contributed by atoms with Gasteiger partial charge in [-0.1, -0.05) is 88.4 Å². The molecule has 5 atom stereocenters. The van der Waals surface area contributed by atoms with Crippen LogP contribution in [0.25, 0.3) is 0 Å². The van der Waals surface area contributed by atoms with Gasteiger partial charge in [-0.3, -0.25) is 33.8 Å². The molecule has 2 aromatic carbocycles. The van der Waals surface area contributed by atoms with Crippen molar-refractivity contribution in [3.8, 4) is 0 Å². The van der Waals surface area contributed by atoms with E-state index in [1.54, 1.807) is 62.6 Å². The average Bonchev–Trinajstić information content (AvgIpc) is 3.10. The largest absolute Gasteiger partial charge is 0.368 e. The number of aromatic nitrogens is 1. The van der Waals surface area contributed by atoms with Gasteiger partial charge in [0.15, 0.2) is 0 Å². The van der Waals surface area contributed by atoms with Crippen LogP contribution >= 0.6 is 0 Å². The van der Waals surface area contributed by atoms with E-state index in [0.29, 0.717) is 6.42 Å². The number of nitrogens with two attached hydrogens (primary N) is 1. The molecule has 0 radical (unpaired) electrons. The topological polar surface area (TPSA) is 201 Å². The predicted molar refractivity (Wildman–Crippen MR) is 197 cm³/mol. The van der Waals surface area contributed by atoms with Gasteiger partial charge in [0.05, 0.1) is 6.42 Å². The molecular formula is C39H51N7O6. The summed E-state index contributed by atoms with van der Waals surface area (Å²) in [5.74, 6) is -3.81. The number of nitrogens with zero attached hydrogens (tertiary/aromatic N) is 1. The Morgan fingerprint density at radius 2 is 1.06 bits per heavy atom. The van der Waals surface area contributed by atoms with E-state index in [4.69, 9.17) is 5.73 Å². The van der Waals surface area contributed by atoms with Gasteiger partial charge in [0, 0.05) is 25.2 Å². The molecule has 7 N–H and O–H groups in total. The molecule has 0 unspecified atom stereocenters. The molecular weight excluding hydrogens is 662 g/mol. The van der Waals surface area contributed by atoms with Gasteiger partial charge < -0.3 is 32.3 Å². The van der Waals surface area contributed by atoms with Crippen LogP contribution in [-0.2, 0) is 48.0 Å². The highest BCUT2D eigenvalue weighted by Crippen LogP contribution is 2.11. The summed E-state index contributed by atoms with van der Waals surface area (Å²) in [5.41, 5.74) is 7.77. The number of hydrogen-bond donors (Lipinski definition) is 6. The second kappa shape index (κ2) is 20.3. The van der Waals surface area contributed by atoms with Crippen molar-refractivity contribution in [2.75, 3.05) is 0 Å². The lowest BCUT2D eigenvalue weighted by atomic mass is 9.98. The van der Waals surface area contributed by atoms with Gasteiger partial charge in [-0.05, 0) is 54.0 Å². The molecule has 13 nitrogen and oxygen atoms in total. The number of primary amides is 1. The third-order valence-corrected chi connectivity index (χ3v) is 8.33. The first-order valence-corrected chi connectivity index (χ1v) is 17.5. The molecule has 3 rings (SSSR count). The summed E-state index contributed by atoms with van der Waals surface area (Å²) in [7, 11) is 0. The Labute approximate surface area is 305 Å². The lowest BCUT2D eigenvalue weighted by Gasteiger charge is -2.28. The zero-order valence-corrected chi connectivity index (χ0v) is 30.4. The molecule has 0 fully saturated rings. The molecule has 0 aliphatic carbocycles. The lowest BCUT2D eigenvalue weighted by Crippen LogP contribution is -2.60. The number of pyridine rings is 1. The van der Waals surface area contributed by atoms with Crippen molar-refractivity contribution in [1.29, 1.82) is 0 Å². The summed E-state index contributed by atoms with van der Waals surface area (Å²) in [6.45, 7) is 8.81. The predicted octanol–water partition coefficient (Wildman–Crippen LogP) is 1.74. The molecule has 1 heterocycles. The molecule has 278 valence electrons. The molecule has 0 saturated heterocycles. The first kappa shape index (κ1) is 40.8. The second-order valence-electron chi connectivity index (χ2n) is 13.6. The molecule has 0 spiro atoms. The zero-order valence-electron chi connectivity index (χ0n) is 30.4. The molecule has 0 aliphatic rings. The van der Waals surface area contributed by atoms with Crippen LogP contribution in [-0.4, -0.2) is 70.6 Å². The maximum atomic E-state index is 14.0. The van der Waals surface area contributed by atoms with Gasteiger partial charge in [0.25, 0.3) is 0 Å². The molecule has 0 bridgehead atoms. The normalized spacial score (nSPS) is 13.9. The smallest absolute Gasteiger partial charge is 0.243 e. The first-order valence-electron chi connectivity index (χ1n) is 17.5. The van der Waals surface area contributed by atoms with Gasteiger partial charge in [0.1, 0.15) is 30.2 Å². The van der Waals surface area contributed by atoms with Crippen LogP contribution < -0.4 is 32.3 Å². The standard InChI is InChI=1S/C39H51N7O6/c1-24(2)20-30(35(40)48)43-39(52)34(25(3)4)46-38(51)32(22-28-14-10-7-11-15-28)45-37(50)31(21-27-12-8-6-9-13-27)44-36(49)26(5)42-33(47)23-29-16-18-41-19-17-29/h6-19,24-26,30-32,34H,20-23H2,1-5H3,(H2,40,48)(H,42,47)(H,43,52)(H,44,49)(H,45,50)(H,46,51)/t26-,30-,31-,32-,34-/m1/s1. The van der Waals surface area contributed by atoms with E-state index >= 15 is 0 Å². The van der Waals surface area contributed by atoms with Crippen LogP contribution in [0.4, 0.5) is 0 Å². The summed E-state index contributed by atoms with van der Waals surface area (Å²) < 4.78 is 0. The summed E-state index contributed by atoms with van der Waals surface area (Å²) in [6.07, 6.45) is 3.69. The van der Waals surface area contributed by atoms with E-state index < -0.39 is 59.7 Å². The van der Waals surface area contributed by atoms with E-state index in [1.165, 1.54) is 6.92 Å². The number of nitrogens with one attached hydrogen (secondary N) is 5. The van der Waals surface area contributed by atoms with Crippen molar-refractivity contribution in [1.82, 2.24) is 31.6 Å². The van der Waals surface area contributed by atoms with Crippen molar-refractivity contribution in [2.24, 2.45) is 17.6 Å². The van der Waals surface area contributed by atoms with Gasteiger partial charge in [-0.2, -0.15) is 0 Å². The van der Waals surface area contributed by atoms with E-state index in [0.717, 1.165) is 16.7 Å². The third-order valence-electron chi connectivity index (χ3n) is 8.33. The van der Waals surface area contributed by atoms with Crippen LogP contribution in [0.5, 0.6) is 0 Å². The minimum Gasteiger partial charge on any atom is -0.368 e. The number of hydrogen-bond acceptors (Lipinski definition) is 7. The van der Waals surface area contributed by atoms with Crippen molar-refractivity contribution >= 4 is 35.4 Å². The van der Waals surface area contributed by atoms with Gasteiger partial charge >= 0.3 is 0 Å². The van der Waals surface area contributed by atoms with Crippen molar-refractivity contribution in [3.63, 3.8) is 0 Å². The van der Waals surface area contributed by atoms with Crippen LogP contribution in [0, 0.1) is 11.8 Å². The Morgan fingerprint density at radius 1 is 0.577 bits per heavy atom. The Morgan fingerprint density at radius 3 is 1.54 bits per heavy atom. The SMILES string of the molecule is CC(C)C[C@@H](NC(=O)[C@H](NC(=O)[C@@H](Cc1ccccc1)NC(=O)[C@@H](Cc1ccccc1)NC(=O)[C@@H](C)NC(=O)Cc1ccncc1)C(C)C)C(N)=O. The Balaban J connectivity index is 1.82. The van der Waals surface area contributed by atoms with Crippen molar-refractivity contribution in [2.45, 2.75) is 90.5 Å². The average molecular weight is 714 g/mol. The summed E-state index contributed by atoms with van der Waals surface area (Å²) in [5, 5.41) is 13.7. The molecule has 6 amide bonds. The van der Waals surface area contributed by atoms with Crippen LogP contribution in [0.3, 0.4) is 0 Å². The highest BCUT2D eigenvalue weighted by molar-refractivity contribution is 5.96. The lowest BCUT2D eigenvalue weighted by molar-refractivity contribution is -0.135. The quantitative estimate of drug-likeness (QED) is 0.109. The summed E-state index contributed by atoms with van der Waals surface area (Å²) in [4.78, 5) is 83.4.